The van der Waals surface area contributed by atoms with Crippen LogP contribution in [-0.4, -0.2) is 29.2 Å². The Morgan fingerprint density at radius 1 is 1.14 bits per heavy atom. The highest BCUT2D eigenvalue weighted by atomic mass is 35.5. The van der Waals surface area contributed by atoms with Gasteiger partial charge in [0.25, 0.3) is 5.91 Å². The Kier molecular flexibility index (Phi) is 7.03. The first kappa shape index (κ1) is 20.3. The molecule has 1 aromatic heterocycles. The third-order valence-electron chi connectivity index (χ3n) is 3.85. The van der Waals surface area contributed by atoms with Gasteiger partial charge in [0.1, 0.15) is 5.75 Å². The molecule has 2 aromatic carbocycles. The van der Waals surface area contributed by atoms with Gasteiger partial charge in [0.05, 0.1) is 22.5 Å². The van der Waals surface area contributed by atoms with E-state index in [1.165, 1.54) is 0 Å². The van der Waals surface area contributed by atoms with E-state index in [0.717, 1.165) is 5.39 Å². The molecule has 0 saturated heterocycles. The van der Waals surface area contributed by atoms with Crippen molar-refractivity contribution in [3.05, 3.63) is 70.3 Å². The number of hydrogen-bond acceptors (Lipinski definition) is 4. The molecular weight excluding hydrogens is 417 g/mol. The van der Waals surface area contributed by atoms with Crippen LogP contribution in [-0.2, 0) is 0 Å². The van der Waals surface area contributed by atoms with E-state index >= 15 is 0 Å². The maximum absolute atomic E-state index is 12.0. The number of benzene rings is 2. The Morgan fingerprint density at radius 2 is 1.93 bits per heavy atom. The molecule has 0 fully saturated rings. The topological polar surface area (TPSA) is 63.2 Å². The van der Waals surface area contributed by atoms with Crippen molar-refractivity contribution in [2.24, 2.45) is 0 Å². The van der Waals surface area contributed by atoms with Gasteiger partial charge in [-0.3, -0.25) is 15.1 Å². The van der Waals surface area contributed by atoms with Gasteiger partial charge < -0.3 is 10.1 Å². The van der Waals surface area contributed by atoms with Gasteiger partial charge in [-0.05, 0) is 49.0 Å². The highest BCUT2D eigenvalue weighted by Crippen LogP contribution is 2.33. The molecule has 0 aliphatic carbocycles. The number of rotatable bonds is 6. The van der Waals surface area contributed by atoms with E-state index in [1.807, 2.05) is 6.07 Å². The van der Waals surface area contributed by atoms with Gasteiger partial charge in [-0.2, -0.15) is 0 Å². The summed E-state index contributed by atoms with van der Waals surface area (Å²) in [4.78, 5) is 16.3. The van der Waals surface area contributed by atoms with E-state index < -0.39 is 0 Å². The lowest BCUT2D eigenvalue weighted by Gasteiger charge is -2.12. The van der Waals surface area contributed by atoms with Gasteiger partial charge in [-0.25, -0.2) is 0 Å². The summed E-state index contributed by atoms with van der Waals surface area (Å²) < 4.78 is 5.83. The zero-order chi connectivity index (χ0) is 19.9. The summed E-state index contributed by atoms with van der Waals surface area (Å²) in [5.74, 6) is 0.400. The Hall–Kier alpha value is -2.41. The minimum absolute atomic E-state index is 0.245. The average molecular weight is 434 g/mol. The molecule has 28 heavy (non-hydrogen) atoms. The van der Waals surface area contributed by atoms with Crippen molar-refractivity contribution in [2.75, 3.05) is 13.2 Å². The molecule has 144 valence electrons. The minimum atomic E-state index is -0.245. The van der Waals surface area contributed by atoms with Crippen LogP contribution in [0.3, 0.4) is 0 Å². The molecule has 0 radical (unpaired) electrons. The highest BCUT2D eigenvalue weighted by Gasteiger charge is 2.09. The molecule has 0 unspecified atom stereocenters. The summed E-state index contributed by atoms with van der Waals surface area (Å²) in [6.07, 6.45) is 2.33. The molecule has 1 heterocycles. The molecule has 0 atom stereocenters. The number of pyridine rings is 1. The summed E-state index contributed by atoms with van der Waals surface area (Å²) >= 11 is 17.4. The molecule has 0 bridgehead atoms. The first-order chi connectivity index (χ1) is 13.5. The molecule has 3 rings (SSSR count). The van der Waals surface area contributed by atoms with Crippen LogP contribution in [0.25, 0.3) is 10.9 Å². The number of aromatic nitrogens is 1. The molecule has 2 N–H and O–H groups in total. The first-order valence-electron chi connectivity index (χ1n) is 8.55. The van der Waals surface area contributed by atoms with Crippen LogP contribution in [0.5, 0.6) is 5.75 Å². The molecule has 0 aliphatic rings. The highest BCUT2D eigenvalue weighted by molar-refractivity contribution is 7.80. The molecule has 0 aliphatic heterocycles. The lowest BCUT2D eigenvalue weighted by atomic mass is 10.2. The summed E-state index contributed by atoms with van der Waals surface area (Å²) in [5.41, 5.74) is 1.23. The Labute approximate surface area is 178 Å². The second-order valence-corrected chi connectivity index (χ2v) is 7.12. The van der Waals surface area contributed by atoms with Crippen molar-refractivity contribution >= 4 is 57.3 Å². The van der Waals surface area contributed by atoms with Crippen molar-refractivity contribution in [3.63, 3.8) is 0 Å². The van der Waals surface area contributed by atoms with Crippen LogP contribution in [0.4, 0.5) is 0 Å². The van der Waals surface area contributed by atoms with Crippen molar-refractivity contribution in [3.8, 4) is 5.75 Å². The first-order valence-corrected chi connectivity index (χ1v) is 9.72. The third-order valence-corrected chi connectivity index (χ3v) is 4.61. The van der Waals surface area contributed by atoms with Crippen LogP contribution in [0.15, 0.2) is 54.7 Å². The Bertz CT molecular complexity index is 999. The number of carbonyl (C=O) groups is 1. The standard InChI is InChI=1S/C20H17Cl2N3O2S/c21-14-11-15(22)18-16(12-14)23-9-7-17(18)27-10-4-8-24-20(28)25-19(26)13-5-2-1-3-6-13/h1-3,5-7,9,11-12H,4,8,10H2,(H2,24,25,26,28). The monoisotopic (exact) mass is 433 g/mol. The predicted molar refractivity (Wildman–Crippen MR) is 116 cm³/mol. The number of halogens is 2. The van der Waals surface area contributed by atoms with Gasteiger partial charge >= 0.3 is 0 Å². The van der Waals surface area contributed by atoms with E-state index in [9.17, 15) is 4.79 Å². The maximum atomic E-state index is 12.0. The molecule has 8 heteroatoms. The van der Waals surface area contributed by atoms with Gasteiger partial charge in [0.15, 0.2) is 5.11 Å². The lowest BCUT2D eigenvalue weighted by Crippen LogP contribution is -2.39. The Morgan fingerprint density at radius 3 is 2.71 bits per heavy atom. The second kappa shape index (κ2) is 9.68. The average Bonchev–Trinajstić information content (AvgIpc) is 2.68. The number of thiocarbonyl (C=S) groups is 1. The van der Waals surface area contributed by atoms with E-state index in [1.54, 1.807) is 48.7 Å². The van der Waals surface area contributed by atoms with Crippen LogP contribution in [0, 0.1) is 0 Å². The normalized spacial score (nSPS) is 10.5. The SMILES string of the molecule is O=C(NC(=S)NCCCOc1ccnc2cc(Cl)cc(Cl)c12)c1ccccc1. The van der Waals surface area contributed by atoms with Crippen LogP contribution in [0.1, 0.15) is 16.8 Å². The lowest BCUT2D eigenvalue weighted by molar-refractivity contribution is 0.0976. The third kappa shape index (κ3) is 5.32. The number of nitrogens with zero attached hydrogens (tertiary/aromatic N) is 1. The summed E-state index contributed by atoms with van der Waals surface area (Å²) in [6.45, 7) is 0.997. The van der Waals surface area contributed by atoms with E-state index in [-0.39, 0.29) is 11.0 Å². The maximum Gasteiger partial charge on any atom is 0.257 e. The quantitative estimate of drug-likeness (QED) is 0.438. The second-order valence-electron chi connectivity index (χ2n) is 5.87. The number of hydrogen-bond donors (Lipinski definition) is 2. The van der Waals surface area contributed by atoms with Gasteiger partial charge in [0, 0.05) is 23.3 Å². The van der Waals surface area contributed by atoms with Gasteiger partial charge in [-0.15, -0.1) is 0 Å². The zero-order valence-electron chi connectivity index (χ0n) is 14.7. The minimum Gasteiger partial charge on any atom is -0.493 e. The number of fused-ring (bicyclic) bond motifs is 1. The molecule has 1 amide bonds. The van der Waals surface area contributed by atoms with Crippen molar-refractivity contribution in [2.45, 2.75) is 6.42 Å². The zero-order valence-corrected chi connectivity index (χ0v) is 17.1. The molecule has 3 aromatic rings. The fraction of sp³-hybridized carbons (Fsp3) is 0.150. The number of amides is 1. The predicted octanol–water partition coefficient (Wildman–Crippen LogP) is 4.62. The number of nitrogens with one attached hydrogen (secondary N) is 2. The van der Waals surface area contributed by atoms with Crippen LogP contribution < -0.4 is 15.4 Å². The Balaban J connectivity index is 1.46. The fourth-order valence-corrected chi connectivity index (χ4v) is 3.33. The number of carbonyl (C=O) groups excluding carboxylic acids is 1. The van der Waals surface area contributed by atoms with E-state index in [4.69, 9.17) is 40.2 Å². The summed E-state index contributed by atoms with van der Waals surface area (Å²) in [7, 11) is 0. The molecule has 0 saturated carbocycles. The smallest absolute Gasteiger partial charge is 0.257 e. The van der Waals surface area contributed by atoms with Gasteiger partial charge in [-0.1, -0.05) is 41.4 Å². The molecule has 5 nitrogen and oxygen atoms in total. The van der Waals surface area contributed by atoms with Gasteiger partial charge in [0.2, 0.25) is 0 Å². The van der Waals surface area contributed by atoms with Crippen LogP contribution in [0.2, 0.25) is 10.0 Å². The van der Waals surface area contributed by atoms with Crippen LogP contribution >= 0.6 is 35.4 Å². The largest absolute Gasteiger partial charge is 0.493 e. The van der Waals surface area contributed by atoms with Crippen molar-refractivity contribution < 1.29 is 9.53 Å². The summed E-state index contributed by atoms with van der Waals surface area (Å²) in [6, 6.07) is 14.1. The van der Waals surface area contributed by atoms with E-state index in [0.29, 0.717) is 46.4 Å². The molecular formula is C20H17Cl2N3O2S. The fourth-order valence-electron chi connectivity index (χ4n) is 2.56. The summed E-state index contributed by atoms with van der Waals surface area (Å²) in [5, 5.41) is 7.66. The van der Waals surface area contributed by atoms with Crippen molar-refractivity contribution in [1.82, 2.24) is 15.6 Å². The van der Waals surface area contributed by atoms with E-state index in [2.05, 4.69) is 15.6 Å². The van der Waals surface area contributed by atoms with Crippen molar-refractivity contribution in [1.29, 1.82) is 0 Å². The molecule has 0 spiro atoms. The number of ether oxygens (including phenoxy) is 1.